The van der Waals surface area contributed by atoms with Crippen molar-refractivity contribution in [3.05, 3.63) is 0 Å². The number of nitrogens with one attached hydrogen (secondary N) is 2. The molecule has 0 aliphatic rings. The molecule has 2 N–H and O–H groups in total. The third kappa shape index (κ3) is 80.8. The van der Waals surface area contributed by atoms with Crippen LogP contribution < -0.4 is 10.6 Å². The van der Waals surface area contributed by atoms with Crippen LogP contribution >= 0.6 is 0 Å². The summed E-state index contributed by atoms with van der Waals surface area (Å²) in [4.78, 5) is 86.9. The van der Waals surface area contributed by atoms with Gasteiger partial charge in [0.1, 0.15) is 24.4 Å². The van der Waals surface area contributed by atoms with Crippen molar-refractivity contribution in [3.63, 3.8) is 0 Å². The van der Waals surface area contributed by atoms with Crippen molar-refractivity contribution < 1.29 is 47.7 Å². The molecule has 0 fully saturated rings. The highest BCUT2D eigenvalue weighted by Gasteiger charge is 2.34. The second kappa shape index (κ2) is 92.1. The Bertz CT molecular complexity index is 2370. The van der Waals surface area contributed by atoms with Gasteiger partial charge in [0.15, 0.2) is 0 Å². The first-order valence-electron chi connectivity index (χ1n) is 57.9. The van der Waals surface area contributed by atoms with Gasteiger partial charge in [-0.2, -0.15) is 0 Å². The molecule has 0 aromatic carbocycles. The zero-order valence-corrected chi connectivity index (χ0v) is 89.7. The molecule has 0 spiro atoms. The zero-order valence-electron chi connectivity index (χ0n) is 89.7. The summed E-state index contributed by atoms with van der Waals surface area (Å²) in [5.74, 6) is -0.224. The Morgan fingerprint density at radius 1 is 0.208 bits per heavy atom. The van der Waals surface area contributed by atoms with E-state index >= 15 is 0 Å². The first kappa shape index (κ1) is 127. The summed E-state index contributed by atoms with van der Waals surface area (Å²) >= 11 is 0. The van der Waals surface area contributed by atoms with Crippen LogP contribution in [-0.2, 0) is 47.7 Å². The summed E-state index contributed by atoms with van der Waals surface area (Å²) in [5, 5.41) is 6.33. The van der Waals surface area contributed by atoms with Crippen LogP contribution in [0.5, 0.6) is 0 Å². The molecule has 14 heteroatoms. The lowest BCUT2D eigenvalue weighted by Gasteiger charge is -2.27. The largest absolute Gasteiger partial charge is 0.462 e. The number of nitrogens with zero attached hydrogens (tertiary/aromatic N) is 2. The van der Waals surface area contributed by atoms with E-state index in [4.69, 9.17) is 18.9 Å². The maximum atomic E-state index is 13.9. The van der Waals surface area contributed by atoms with Gasteiger partial charge >= 0.3 is 23.9 Å². The Kier molecular flexibility index (Phi) is 89.8. The van der Waals surface area contributed by atoms with Gasteiger partial charge in [0.25, 0.3) is 0 Å². The van der Waals surface area contributed by atoms with Gasteiger partial charge in [-0.15, -0.1) is 0 Å². The van der Waals surface area contributed by atoms with E-state index in [0.29, 0.717) is 19.5 Å². The van der Waals surface area contributed by atoms with Crippen LogP contribution in [0.2, 0.25) is 0 Å². The summed E-state index contributed by atoms with van der Waals surface area (Å²) in [6.07, 6.45) is 91.1. The molecule has 0 unspecified atom stereocenters. The number of rotatable bonds is 103. The molecule has 0 aromatic heterocycles. The van der Waals surface area contributed by atoms with Crippen LogP contribution in [0.15, 0.2) is 0 Å². The van der Waals surface area contributed by atoms with Gasteiger partial charge in [-0.25, -0.2) is 0 Å². The van der Waals surface area contributed by atoms with Gasteiger partial charge in [0.05, 0.1) is 16.2 Å². The molecule has 0 aliphatic carbocycles. The molecule has 0 radical (unpaired) electrons. The number of hydrogen-bond acceptors (Lipinski definition) is 12. The van der Waals surface area contributed by atoms with Crippen molar-refractivity contribution in [3.8, 4) is 0 Å². The first-order valence-corrected chi connectivity index (χ1v) is 57.9. The molecule has 0 rings (SSSR count). The van der Waals surface area contributed by atoms with E-state index in [1.807, 2.05) is 0 Å². The highest BCUT2D eigenvalue weighted by molar-refractivity contribution is 5.83. The molecule has 0 aromatic rings. The lowest BCUT2D eigenvalue weighted by atomic mass is 9.86. The smallest absolute Gasteiger partial charge is 0.311 e. The van der Waals surface area contributed by atoms with E-state index in [0.717, 1.165) is 283 Å². The number of esters is 4. The van der Waals surface area contributed by atoms with E-state index < -0.39 is 16.2 Å². The average molecular weight is 1840 g/mol. The van der Waals surface area contributed by atoms with Crippen molar-refractivity contribution in [2.75, 3.05) is 52.4 Å². The number of amides is 2. The fourth-order valence-electron chi connectivity index (χ4n) is 18.8. The number of carbonyl (C=O) groups excluding carboxylic acids is 6. The zero-order chi connectivity index (χ0) is 95.6. The van der Waals surface area contributed by atoms with Crippen LogP contribution in [0, 0.1) is 16.2 Å². The molecule has 0 saturated heterocycles. The van der Waals surface area contributed by atoms with Crippen LogP contribution in [0.25, 0.3) is 0 Å². The van der Waals surface area contributed by atoms with Crippen LogP contribution in [0.3, 0.4) is 0 Å². The molecular weight excluding hydrogens is 1610 g/mol. The van der Waals surface area contributed by atoms with Crippen LogP contribution in [0.1, 0.15) is 617 Å². The average Bonchev–Trinajstić information content (AvgIpc) is 0.880. The highest BCUT2D eigenvalue weighted by atomic mass is 16.6. The minimum absolute atomic E-state index is 0.00864. The molecule has 2 amide bonds. The van der Waals surface area contributed by atoms with E-state index in [-0.39, 0.29) is 72.9 Å². The Morgan fingerprint density at radius 2 is 0.385 bits per heavy atom. The predicted octanol–water partition coefficient (Wildman–Crippen LogP) is 34.3. The number of ether oxygens (including phenoxy) is 4. The fourth-order valence-corrected chi connectivity index (χ4v) is 18.8. The standard InChI is InChI=1S/C116H226N4O10/c1-15-23-31-39-48-64-82-104(83-65-49-40-32-24-16-2)127-110(123)90-72-56-47-60-76-98-119(99-77-61-57-73-93-114(9,10)111(124)128-105(84-66-50-41-33-25-17-3)85-67-51-42-34-26-18-4)102-80-96-117-108(121)91-92-109(122)118-97-81-103-120(100-78-62-58-74-94-115(11,12)112(125)129-106(86-68-52-43-35-27-19-5)87-69-53-44-36-28-20-6)101-79-63-59-75-95-116(13,14)113(126)130-107(88-70-54-45-37-29-21-7)89-71-55-46-38-30-22-8/h104-107H,15-103H2,1-14H3,(H,117,121)(H,118,122). The number of unbranched alkanes of at least 4 members (excludes halogenated alkanes) is 53. The third-order valence-electron chi connectivity index (χ3n) is 28.3. The molecule has 0 bridgehead atoms. The molecular formula is C116H226N4O10. The van der Waals surface area contributed by atoms with E-state index in [1.165, 1.54) is 257 Å². The van der Waals surface area contributed by atoms with Gasteiger partial charge in [0, 0.05) is 32.4 Å². The molecule has 0 aliphatic heterocycles. The van der Waals surface area contributed by atoms with E-state index in [2.05, 4.69) is 117 Å². The number of hydrogen-bond donors (Lipinski definition) is 2. The summed E-state index contributed by atoms with van der Waals surface area (Å²) in [5.41, 5.74) is -1.53. The van der Waals surface area contributed by atoms with Gasteiger partial charge in [-0.1, -0.05) is 389 Å². The maximum absolute atomic E-state index is 13.9. The number of carbonyl (C=O) groups is 6. The molecule has 0 saturated carbocycles. The normalized spacial score (nSPS) is 12.2. The minimum atomic E-state index is -0.512. The Balaban J connectivity index is 5.99. The summed E-state index contributed by atoms with van der Waals surface area (Å²) < 4.78 is 25.4. The maximum Gasteiger partial charge on any atom is 0.311 e. The molecule has 14 nitrogen and oxygen atoms in total. The fraction of sp³-hybridized carbons (Fsp3) is 0.948. The first-order chi connectivity index (χ1) is 63.1. The van der Waals surface area contributed by atoms with E-state index in [9.17, 15) is 28.8 Å². The molecule has 0 atom stereocenters. The Labute approximate surface area is 809 Å². The van der Waals surface area contributed by atoms with Crippen molar-refractivity contribution >= 4 is 35.7 Å². The lowest BCUT2D eigenvalue weighted by Crippen LogP contribution is -2.33. The quantitative estimate of drug-likeness (QED) is 0.0336. The summed E-state index contributed by atoms with van der Waals surface area (Å²) in [6.45, 7) is 37.6. The summed E-state index contributed by atoms with van der Waals surface area (Å²) in [6, 6.07) is 0. The van der Waals surface area contributed by atoms with Gasteiger partial charge in [0.2, 0.25) is 11.8 Å². The van der Waals surface area contributed by atoms with Crippen molar-refractivity contribution in [1.29, 1.82) is 0 Å². The molecule has 130 heavy (non-hydrogen) atoms. The Morgan fingerprint density at radius 3 is 0.608 bits per heavy atom. The predicted molar refractivity (Wildman–Crippen MR) is 559 cm³/mol. The van der Waals surface area contributed by atoms with E-state index in [1.54, 1.807) is 0 Å². The lowest BCUT2D eigenvalue weighted by molar-refractivity contribution is -0.161. The summed E-state index contributed by atoms with van der Waals surface area (Å²) in [7, 11) is 0. The van der Waals surface area contributed by atoms with Gasteiger partial charge < -0.3 is 39.4 Å². The van der Waals surface area contributed by atoms with Crippen molar-refractivity contribution in [2.45, 2.75) is 641 Å². The minimum Gasteiger partial charge on any atom is -0.462 e. The highest BCUT2D eigenvalue weighted by Crippen LogP contribution is 2.33. The van der Waals surface area contributed by atoms with Crippen LogP contribution in [-0.4, -0.2) is 122 Å². The topological polar surface area (TPSA) is 170 Å². The van der Waals surface area contributed by atoms with Crippen LogP contribution in [0.4, 0.5) is 0 Å². The van der Waals surface area contributed by atoms with Gasteiger partial charge in [-0.05, 0) is 248 Å². The Hall–Kier alpha value is -3.26. The van der Waals surface area contributed by atoms with Crippen molar-refractivity contribution in [2.24, 2.45) is 16.2 Å². The second-order valence-electron chi connectivity index (χ2n) is 42.9. The SMILES string of the molecule is CCCCCCCCC(CCCCCCCC)OC(=O)CCCCCCCN(CCCCCCC(C)(C)C(=O)OC(CCCCCCCC)CCCCCCCC)CCCNC(=O)CCC(=O)NCCCN(CCCCCCC(C)(C)C(=O)OC(CCCCCCCC)CCCCCCCC)CCCCCCC(C)(C)C(=O)OC(CCCCCCCC)CCCCCCCC. The third-order valence-corrected chi connectivity index (χ3v) is 28.3. The van der Waals surface area contributed by atoms with Gasteiger partial charge in [-0.3, -0.25) is 28.8 Å². The molecule has 0 heterocycles. The monoisotopic (exact) mass is 1840 g/mol. The second-order valence-corrected chi connectivity index (χ2v) is 42.9. The van der Waals surface area contributed by atoms with Crippen molar-refractivity contribution in [1.82, 2.24) is 20.4 Å². The molecule has 770 valence electrons.